The van der Waals surface area contributed by atoms with E-state index in [1.165, 1.54) is 10.9 Å². The van der Waals surface area contributed by atoms with E-state index in [4.69, 9.17) is 22.7 Å². The van der Waals surface area contributed by atoms with E-state index in [-0.39, 0.29) is 6.10 Å². The van der Waals surface area contributed by atoms with Crippen LogP contribution in [0.4, 0.5) is 5.69 Å². The van der Waals surface area contributed by atoms with Gasteiger partial charge in [-0.05, 0) is 25.1 Å². The molecule has 2 heterocycles. The molecule has 19 heavy (non-hydrogen) atoms. The number of amides is 1. The topological polar surface area (TPSA) is 94.2 Å². The molecule has 104 valence electrons. The maximum atomic E-state index is 11.3. The van der Waals surface area contributed by atoms with Crippen LogP contribution in [-0.4, -0.2) is 40.1 Å². The zero-order valence-electron chi connectivity index (χ0n) is 10.7. The summed E-state index contributed by atoms with van der Waals surface area (Å²) in [6.45, 7) is 1.46. The summed E-state index contributed by atoms with van der Waals surface area (Å²) in [6.07, 6.45) is 3.83. The fraction of sp³-hybridized carbons (Fsp3) is 0.545. The lowest BCUT2D eigenvalue weighted by Crippen LogP contribution is -2.35. The average Bonchev–Trinajstić information content (AvgIpc) is 2.96. The van der Waals surface area contributed by atoms with Crippen molar-refractivity contribution in [3.05, 3.63) is 11.9 Å². The third kappa shape index (κ3) is 3.42. The molecule has 1 saturated heterocycles. The molecule has 0 aliphatic carbocycles. The molecule has 0 spiro atoms. The average molecular weight is 283 g/mol. The number of hydrogen-bond donors (Lipinski definition) is 3. The molecule has 0 bridgehead atoms. The Morgan fingerprint density at radius 3 is 3.16 bits per heavy atom. The van der Waals surface area contributed by atoms with Gasteiger partial charge in [0.25, 0.3) is 5.91 Å². The first kappa shape index (κ1) is 13.8. The minimum absolute atomic E-state index is 0.198. The molecule has 7 nitrogen and oxygen atoms in total. The fourth-order valence-electron chi connectivity index (χ4n) is 2.00. The molecule has 1 aromatic rings. The van der Waals surface area contributed by atoms with Crippen LogP contribution in [0.15, 0.2) is 6.20 Å². The largest absolute Gasteiger partial charge is 0.376 e. The van der Waals surface area contributed by atoms with E-state index in [0.717, 1.165) is 19.4 Å². The van der Waals surface area contributed by atoms with E-state index in [9.17, 15) is 4.79 Å². The van der Waals surface area contributed by atoms with Crippen LogP contribution < -0.4 is 16.4 Å². The second kappa shape index (κ2) is 5.98. The number of ether oxygens (including phenoxy) is 1. The van der Waals surface area contributed by atoms with Crippen LogP contribution in [0, 0.1) is 0 Å². The number of primary amides is 1. The second-order valence-corrected chi connectivity index (χ2v) is 4.77. The van der Waals surface area contributed by atoms with Crippen molar-refractivity contribution in [1.82, 2.24) is 15.1 Å². The first-order valence-electron chi connectivity index (χ1n) is 6.06. The van der Waals surface area contributed by atoms with E-state index in [1.807, 2.05) is 0 Å². The lowest BCUT2D eigenvalue weighted by molar-refractivity contribution is 0.0992. The van der Waals surface area contributed by atoms with Crippen LogP contribution in [0.2, 0.25) is 0 Å². The number of carbonyl (C=O) groups excluding carboxylic acids is 1. The Labute approximate surface area is 116 Å². The molecule has 1 unspecified atom stereocenters. The van der Waals surface area contributed by atoms with Crippen LogP contribution in [0.3, 0.4) is 0 Å². The van der Waals surface area contributed by atoms with Crippen LogP contribution in [-0.2, 0) is 11.8 Å². The first-order valence-corrected chi connectivity index (χ1v) is 6.47. The molecule has 0 saturated carbocycles. The van der Waals surface area contributed by atoms with Crippen molar-refractivity contribution in [2.24, 2.45) is 12.8 Å². The Morgan fingerprint density at radius 2 is 2.53 bits per heavy atom. The Balaban J connectivity index is 1.89. The van der Waals surface area contributed by atoms with Crippen molar-refractivity contribution in [1.29, 1.82) is 0 Å². The number of thiocarbonyl (C=S) groups is 1. The Hall–Kier alpha value is -1.67. The lowest BCUT2D eigenvalue weighted by Gasteiger charge is -2.13. The van der Waals surface area contributed by atoms with Gasteiger partial charge in [0.1, 0.15) is 5.69 Å². The Morgan fingerprint density at radius 1 is 1.74 bits per heavy atom. The third-order valence-electron chi connectivity index (χ3n) is 2.93. The highest BCUT2D eigenvalue weighted by atomic mass is 32.1. The maximum absolute atomic E-state index is 11.3. The molecule has 8 heteroatoms. The van der Waals surface area contributed by atoms with Crippen molar-refractivity contribution in [3.63, 3.8) is 0 Å². The molecule has 1 amide bonds. The van der Waals surface area contributed by atoms with Gasteiger partial charge in [-0.15, -0.1) is 0 Å². The fourth-order valence-corrected chi connectivity index (χ4v) is 2.19. The number of aromatic nitrogens is 2. The van der Waals surface area contributed by atoms with Gasteiger partial charge < -0.3 is 21.1 Å². The van der Waals surface area contributed by atoms with Crippen molar-refractivity contribution in [2.45, 2.75) is 18.9 Å². The van der Waals surface area contributed by atoms with Crippen molar-refractivity contribution in [3.8, 4) is 0 Å². The van der Waals surface area contributed by atoms with Gasteiger partial charge in [0, 0.05) is 20.2 Å². The van der Waals surface area contributed by atoms with Crippen molar-refractivity contribution < 1.29 is 9.53 Å². The highest BCUT2D eigenvalue weighted by Gasteiger charge is 2.17. The van der Waals surface area contributed by atoms with E-state index in [0.29, 0.717) is 23.0 Å². The number of nitrogens with zero attached hydrogens (tertiary/aromatic N) is 2. The summed E-state index contributed by atoms with van der Waals surface area (Å²) in [7, 11) is 1.65. The summed E-state index contributed by atoms with van der Waals surface area (Å²) in [5.74, 6) is -0.551. The predicted molar refractivity (Wildman–Crippen MR) is 74.9 cm³/mol. The number of hydrogen-bond acceptors (Lipinski definition) is 4. The van der Waals surface area contributed by atoms with Crippen molar-refractivity contribution in [2.75, 3.05) is 18.5 Å². The number of nitrogens with one attached hydrogen (secondary N) is 2. The summed E-state index contributed by atoms with van der Waals surface area (Å²) in [4.78, 5) is 11.3. The molecule has 1 aliphatic heterocycles. The number of rotatable bonds is 4. The molecule has 2 rings (SSSR count). The maximum Gasteiger partial charge on any atom is 0.269 e. The highest BCUT2D eigenvalue weighted by Crippen LogP contribution is 2.13. The highest BCUT2D eigenvalue weighted by molar-refractivity contribution is 7.80. The smallest absolute Gasteiger partial charge is 0.269 e. The summed E-state index contributed by atoms with van der Waals surface area (Å²) in [5.41, 5.74) is 6.08. The van der Waals surface area contributed by atoms with Crippen LogP contribution in [0.1, 0.15) is 23.3 Å². The van der Waals surface area contributed by atoms with E-state index in [2.05, 4.69) is 15.7 Å². The standard InChI is InChI=1S/C11H17N5O2S/c1-16-9(10(12)17)8(6-14-16)15-11(19)13-5-7-3-2-4-18-7/h6-7H,2-5H2,1H3,(H2,12,17)(H2,13,15,19). The number of aryl methyl sites for hydroxylation is 1. The summed E-state index contributed by atoms with van der Waals surface area (Å²) in [5, 5.41) is 10.4. The molecule has 0 radical (unpaired) electrons. The summed E-state index contributed by atoms with van der Waals surface area (Å²) in [6, 6.07) is 0. The zero-order chi connectivity index (χ0) is 13.8. The van der Waals surface area contributed by atoms with Gasteiger partial charge in [0.2, 0.25) is 0 Å². The summed E-state index contributed by atoms with van der Waals surface area (Å²) >= 11 is 5.16. The second-order valence-electron chi connectivity index (χ2n) is 4.36. The summed E-state index contributed by atoms with van der Waals surface area (Å²) < 4.78 is 6.89. The third-order valence-corrected chi connectivity index (χ3v) is 3.18. The number of carbonyl (C=O) groups is 1. The molecule has 1 aliphatic rings. The Kier molecular flexibility index (Phi) is 4.33. The van der Waals surface area contributed by atoms with Gasteiger partial charge in [-0.25, -0.2) is 0 Å². The molecular formula is C11H17N5O2S. The molecule has 1 fully saturated rings. The van der Waals surface area contributed by atoms with Crippen LogP contribution >= 0.6 is 12.2 Å². The monoisotopic (exact) mass is 283 g/mol. The molecule has 1 aromatic heterocycles. The van der Waals surface area contributed by atoms with E-state index < -0.39 is 5.91 Å². The molecule has 1 atom stereocenters. The normalized spacial score (nSPS) is 18.3. The van der Waals surface area contributed by atoms with Gasteiger partial charge in [0.15, 0.2) is 5.11 Å². The van der Waals surface area contributed by atoms with Gasteiger partial charge in [-0.3, -0.25) is 9.48 Å². The zero-order valence-corrected chi connectivity index (χ0v) is 11.5. The molecular weight excluding hydrogens is 266 g/mol. The van der Waals surface area contributed by atoms with Gasteiger partial charge in [0.05, 0.1) is 18.0 Å². The minimum atomic E-state index is -0.551. The number of nitrogens with two attached hydrogens (primary N) is 1. The lowest BCUT2D eigenvalue weighted by atomic mass is 10.2. The van der Waals surface area contributed by atoms with Crippen LogP contribution in [0.25, 0.3) is 0 Å². The number of anilines is 1. The van der Waals surface area contributed by atoms with Gasteiger partial charge in [-0.1, -0.05) is 0 Å². The van der Waals surface area contributed by atoms with E-state index >= 15 is 0 Å². The van der Waals surface area contributed by atoms with Crippen molar-refractivity contribution >= 4 is 28.9 Å². The van der Waals surface area contributed by atoms with Gasteiger partial charge in [-0.2, -0.15) is 5.10 Å². The minimum Gasteiger partial charge on any atom is -0.376 e. The van der Waals surface area contributed by atoms with Gasteiger partial charge >= 0.3 is 0 Å². The Bertz CT molecular complexity index is 481. The predicted octanol–water partition coefficient (Wildman–Crippen LogP) is -0.0156. The quantitative estimate of drug-likeness (QED) is 0.673. The molecule has 0 aromatic carbocycles. The van der Waals surface area contributed by atoms with Crippen LogP contribution in [0.5, 0.6) is 0 Å². The SMILES string of the molecule is Cn1ncc(NC(=S)NCC2CCCO2)c1C(N)=O. The van der Waals surface area contributed by atoms with E-state index in [1.54, 1.807) is 7.05 Å². The first-order chi connectivity index (χ1) is 9.08. The molecule has 4 N–H and O–H groups in total.